The fourth-order valence-corrected chi connectivity index (χ4v) is 2.08. The van der Waals surface area contributed by atoms with E-state index in [1.807, 2.05) is 0 Å². The average Bonchev–Trinajstić information content (AvgIpc) is 3.15. The van der Waals surface area contributed by atoms with Gasteiger partial charge in [-0.3, -0.25) is 9.59 Å². The zero-order chi connectivity index (χ0) is 13.1. The monoisotopic (exact) mass is 314 g/mol. The topological polar surface area (TPSA) is 71.3 Å². The summed E-state index contributed by atoms with van der Waals surface area (Å²) in [4.78, 5) is 23.1. The molecule has 1 aromatic heterocycles. The van der Waals surface area contributed by atoms with Crippen LogP contribution < -0.4 is 10.9 Å². The second-order valence-electron chi connectivity index (χ2n) is 4.52. The summed E-state index contributed by atoms with van der Waals surface area (Å²) in [7, 11) is 0. The number of carbonyl (C=O) groups excluding carboxylic acids is 1. The van der Waals surface area contributed by atoms with Crippen LogP contribution in [-0.4, -0.2) is 28.2 Å². The summed E-state index contributed by atoms with van der Waals surface area (Å²) in [5.74, 6) is 0.0637. The van der Waals surface area contributed by atoms with Crippen LogP contribution in [0.2, 0.25) is 0 Å². The van der Waals surface area contributed by atoms with Crippen LogP contribution >= 0.6 is 15.9 Å². The first kappa shape index (κ1) is 13.3. The normalized spacial score (nSPS) is 16.3. The zero-order valence-corrected chi connectivity index (χ0v) is 11.4. The third-order valence-corrected chi connectivity index (χ3v) is 3.40. The fourth-order valence-electron chi connectivity index (χ4n) is 1.70. The number of carbonyl (C=O) groups is 1. The fraction of sp³-hybridized carbons (Fsp3) is 0.500. The van der Waals surface area contributed by atoms with Gasteiger partial charge in [0, 0.05) is 23.3 Å². The molecule has 1 fully saturated rings. The van der Waals surface area contributed by atoms with E-state index in [1.54, 1.807) is 12.3 Å². The number of hydrogen-bond donors (Lipinski definition) is 2. The number of nitrogens with zero attached hydrogens (tertiary/aromatic N) is 1. The molecular formula is C12H15BrN2O3. The molecule has 1 heterocycles. The van der Waals surface area contributed by atoms with Gasteiger partial charge in [-0.1, -0.05) is 0 Å². The Morgan fingerprint density at radius 1 is 1.56 bits per heavy atom. The maximum absolute atomic E-state index is 11.6. The van der Waals surface area contributed by atoms with Crippen LogP contribution in [0, 0.1) is 5.92 Å². The summed E-state index contributed by atoms with van der Waals surface area (Å²) in [6.45, 7) is 0.224. The molecule has 1 aliphatic carbocycles. The van der Waals surface area contributed by atoms with E-state index >= 15 is 0 Å². The van der Waals surface area contributed by atoms with Crippen LogP contribution in [0.15, 0.2) is 27.6 Å². The molecule has 98 valence electrons. The molecule has 1 unspecified atom stereocenters. The van der Waals surface area contributed by atoms with Gasteiger partial charge in [0.05, 0.1) is 6.10 Å². The SMILES string of the molecule is O=C(Cn1cc(Br)ccc1=O)NCC(O)C1CC1. The lowest BCUT2D eigenvalue weighted by Gasteiger charge is -2.11. The summed E-state index contributed by atoms with van der Waals surface area (Å²) < 4.78 is 2.07. The lowest BCUT2D eigenvalue weighted by Crippen LogP contribution is -2.37. The molecule has 0 aliphatic heterocycles. The zero-order valence-electron chi connectivity index (χ0n) is 9.80. The van der Waals surface area contributed by atoms with Gasteiger partial charge in [-0.2, -0.15) is 0 Å². The molecule has 1 amide bonds. The molecule has 1 aliphatic rings. The maximum atomic E-state index is 11.6. The van der Waals surface area contributed by atoms with Crippen LogP contribution in [0.3, 0.4) is 0 Å². The molecule has 18 heavy (non-hydrogen) atoms. The predicted octanol–water partition coefficient (Wildman–Crippen LogP) is 0.498. The van der Waals surface area contributed by atoms with Gasteiger partial charge in [-0.25, -0.2) is 0 Å². The van der Waals surface area contributed by atoms with Gasteiger partial charge >= 0.3 is 0 Å². The minimum atomic E-state index is -0.465. The van der Waals surface area contributed by atoms with E-state index in [9.17, 15) is 14.7 Å². The van der Waals surface area contributed by atoms with Crippen molar-refractivity contribution in [2.24, 2.45) is 5.92 Å². The third-order valence-electron chi connectivity index (χ3n) is 2.94. The highest BCUT2D eigenvalue weighted by atomic mass is 79.9. The second kappa shape index (κ2) is 5.67. The first-order valence-electron chi connectivity index (χ1n) is 5.87. The van der Waals surface area contributed by atoms with Gasteiger partial charge in [0.15, 0.2) is 0 Å². The number of rotatable bonds is 5. The minimum absolute atomic E-state index is 0.0321. The first-order valence-corrected chi connectivity index (χ1v) is 6.66. The number of aliphatic hydroxyl groups excluding tert-OH is 1. The number of nitrogens with one attached hydrogen (secondary N) is 1. The predicted molar refractivity (Wildman–Crippen MR) is 70.1 cm³/mol. The highest BCUT2D eigenvalue weighted by molar-refractivity contribution is 9.10. The number of amides is 1. The van der Waals surface area contributed by atoms with Crippen molar-refractivity contribution in [3.8, 4) is 0 Å². The summed E-state index contributed by atoms with van der Waals surface area (Å²) in [6, 6.07) is 3.03. The third kappa shape index (κ3) is 3.68. The number of halogens is 1. The molecular weight excluding hydrogens is 300 g/mol. The smallest absolute Gasteiger partial charge is 0.251 e. The molecule has 0 radical (unpaired) electrons. The molecule has 2 rings (SSSR count). The number of hydrogen-bond acceptors (Lipinski definition) is 3. The molecule has 0 spiro atoms. The van der Waals surface area contributed by atoms with Crippen molar-refractivity contribution in [2.45, 2.75) is 25.5 Å². The highest BCUT2D eigenvalue weighted by Crippen LogP contribution is 2.32. The van der Waals surface area contributed by atoms with Crippen molar-refractivity contribution in [1.82, 2.24) is 9.88 Å². The number of aliphatic hydroxyl groups is 1. The quantitative estimate of drug-likeness (QED) is 0.831. The highest BCUT2D eigenvalue weighted by Gasteiger charge is 2.29. The lowest BCUT2D eigenvalue weighted by molar-refractivity contribution is -0.122. The Kier molecular flexibility index (Phi) is 4.19. The molecule has 1 saturated carbocycles. The molecule has 0 aromatic carbocycles. The largest absolute Gasteiger partial charge is 0.391 e. The van der Waals surface area contributed by atoms with Crippen molar-refractivity contribution in [3.63, 3.8) is 0 Å². The summed E-state index contributed by atoms with van der Waals surface area (Å²) in [6.07, 6.45) is 3.16. The molecule has 1 atom stereocenters. The van der Waals surface area contributed by atoms with Crippen molar-refractivity contribution < 1.29 is 9.90 Å². The molecule has 0 saturated heterocycles. The summed E-state index contributed by atoms with van der Waals surface area (Å²) in [5, 5.41) is 12.2. The Bertz CT molecular complexity index is 496. The van der Waals surface area contributed by atoms with E-state index in [-0.39, 0.29) is 24.6 Å². The van der Waals surface area contributed by atoms with E-state index < -0.39 is 6.10 Å². The Morgan fingerprint density at radius 2 is 2.28 bits per heavy atom. The van der Waals surface area contributed by atoms with Gasteiger partial charge in [0.1, 0.15) is 6.54 Å². The molecule has 0 bridgehead atoms. The first-order chi connectivity index (χ1) is 8.56. The summed E-state index contributed by atoms with van der Waals surface area (Å²) in [5.41, 5.74) is -0.226. The van der Waals surface area contributed by atoms with E-state index in [2.05, 4.69) is 21.2 Å². The number of pyridine rings is 1. The Hall–Kier alpha value is -1.14. The second-order valence-corrected chi connectivity index (χ2v) is 5.44. The van der Waals surface area contributed by atoms with Gasteiger partial charge in [0.2, 0.25) is 5.91 Å². The minimum Gasteiger partial charge on any atom is -0.391 e. The van der Waals surface area contributed by atoms with E-state index in [1.165, 1.54) is 10.6 Å². The molecule has 6 heteroatoms. The molecule has 1 aromatic rings. The van der Waals surface area contributed by atoms with Gasteiger partial charge in [-0.15, -0.1) is 0 Å². The average molecular weight is 315 g/mol. The Balaban J connectivity index is 1.86. The molecule has 2 N–H and O–H groups in total. The number of aromatic nitrogens is 1. The van der Waals surface area contributed by atoms with Crippen LogP contribution in [-0.2, 0) is 11.3 Å². The Labute approximate surface area is 113 Å². The van der Waals surface area contributed by atoms with Gasteiger partial charge < -0.3 is 15.0 Å². The molecule has 5 nitrogen and oxygen atoms in total. The van der Waals surface area contributed by atoms with E-state index in [4.69, 9.17) is 0 Å². The Morgan fingerprint density at radius 3 is 2.94 bits per heavy atom. The van der Waals surface area contributed by atoms with Crippen LogP contribution in [0.1, 0.15) is 12.8 Å². The van der Waals surface area contributed by atoms with Crippen LogP contribution in [0.5, 0.6) is 0 Å². The van der Waals surface area contributed by atoms with E-state index in [0.29, 0.717) is 5.92 Å². The summed E-state index contributed by atoms with van der Waals surface area (Å²) >= 11 is 3.24. The maximum Gasteiger partial charge on any atom is 0.251 e. The van der Waals surface area contributed by atoms with Gasteiger partial charge in [-0.05, 0) is 40.8 Å². The van der Waals surface area contributed by atoms with Crippen molar-refractivity contribution in [1.29, 1.82) is 0 Å². The van der Waals surface area contributed by atoms with Crippen molar-refractivity contribution >= 4 is 21.8 Å². The van der Waals surface area contributed by atoms with Crippen LogP contribution in [0.4, 0.5) is 0 Å². The van der Waals surface area contributed by atoms with Crippen molar-refractivity contribution in [3.05, 3.63) is 33.2 Å². The van der Waals surface area contributed by atoms with E-state index in [0.717, 1.165) is 17.3 Å². The lowest BCUT2D eigenvalue weighted by atomic mass is 10.2. The van der Waals surface area contributed by atoms with Gasteiger partial charge in [0.25, 0.3) is 5.56 Å². The van der Waals surface area contributed by atoms with Crippen molar-refractivity contribution in [2.75, 3.05) is 6.54 Å². The standard InChI is InChI=1S/C12H15BrN2O3/c13-9-3-4-12(18)15(6-9)7-11(17)14-5-10(16)8-1-2-8/h3-4,6,8,10,16H,1-2,5,7H2,(H,14,17). The van der Waals surface area contributed by atoms with Crippen LogP contribution in [0.25, 0.3) is 0 Å².